The zero-order valence-corrected chi connectivity index (χ0v) is 19.6. The first-order chi connectivity index (χ1) is 16.6. The number of aromatic nitrogens is 1. The van der Waals surface area contributed by atoms with Crippen molar-refractivity contribution in [2.75, 3.05) is 38.6 Å². The Morgan fingerprint density at radius 3 is 2.56 bits per heavy atom. The van der Waals surface area contributed by atoms with E-state index in [0.29, 0.717) is 19.0 Å². The highest BCUT2D eigenvalue weighted by atomic mass is 16.5. The van der Waals surface area contributed by atoms with Gasteiger partial charge in [0.05, 0.1) is 13.0 Å². The highest BCUT2D eigenvalue weighted by Crippen LogP contribution is 2.35. The van der Waals surface area contributed by atoms with E-state index in [9.17, 15) is 9.59 Å². The van der Waals surface area contributed by atoms with Gasteiger partial charge in [-0.05, 0) is 67.5 Å². The molecule has 7 heteroatoms. The predicted octanol–water partition coefficient (Wildman–Crippen LogP) is 4.83. The Bertz CT molecular complexity index is 1150. The van der Waals surface area contributed by atoms with Crippen molar-refractivity contribution in [1.82, 2.24) is 14.8 Å². The quantitative estimate of drug-likeness (QED) is 0.586. The predicted molar refractivity (Wildman–Crippen MR) is 133 cm³/mol. The fourth-order valence-electron chi connectivity index (χ4n) is 5.34. The maximum Gasteiger partial charge on any atom is 0.321 e. The number of hydrogen-bond acceptors (Lipinski definition) is 3. The molecule has 2 aliphatic heterocycles. The number of piperidine rings is 2. The number of urea groups is 1. The lowest BCUT2D eigenvalue weighted by Crippen LogP contribution is -2.49. The van der Waals surface area contributed by atoms with E-state index in [1.54, 1.807) is 12.0 Å². The molecule has 178 valence electrons. The second kappa shape index (κ2) is 9.79. The molecule has 2 fully saturated rings. The van der Waals surface area contributed by atoms with Crippen LogP contribution in [0.2, 0.25) is 0 Å². The van der Waals surface area contributed by atoms with Crippen LogP contribution in [0.25, 0.3) is 10.9 Å². The normalized spacial score (nSPS) is 19.3. The zero-order valence-electron chi connectivity index (χ0n) is 19.6. The number of nitrogens with one attached hydrogen (secondary N) is 2. The zero-order chi connectivity index (χ0) is 23.5. The van der Waals surface area contributed by atoms with Crippen molar-refractivity contribution in [2.24, 2.45) is 5.92 Å². The smallest absolute Gasteiger partial charge is 0.321 e. The third-order valence-electron chi connectivity index (χ3n) is 7.25. The number of aromatic amines is 1. The molecular weight excluding hydrogens is 428 g/mol. The molecule has 2 N–H and O–H groups in total. The summed E-state index contributed by atoms with van der Waals surface area (Å²) in [6.45, 7) is 2.69. The molecule has 2 saturated heterocycles. The van der Waals surface area contributed by atoms with Crippen LogP contribution in [0.5, 0.6) is 5.75 Å². The van der Waals surface area contributed by atoms with Crippen LogP contribution in [0.3, 0.4) is 0 Å². The number of hydrogen-bond donors (Lipinski definition) is 2. The van der Waals surface area contributed by atoms with Crippen LogP contribution in [0.4, 0.5) is 10.5 Å². The Morgan fingerprint density at radius 2 is 1.79 bits per heavy atom. The second-order valence-corrected chi connectivity index (χ2v) is 9.34. The lowest BCUT2D eigenvalue weighted by molar-refractivity contribution is -0.138. The highest BCUT2D eigenvalue weighted by molar-refractivity contribution is 5.90. The van der Waals surface area contributed by atoms with Crippen molar-refractivity contribution >= 4 is 28.5 Å². The van der Waals surface area contributed by atoms with E-state index < -0.39 is 0 Å². The molecule has 1 unspecified atom stereocenters. The summed E-state index contributed by atoms with van der Waals surface area (Å²) in [5.41, 5.74) is 3.20. The van der Waals surface area contributed by atoms with Crippen LogP contribution < -0.4 is 10.1 Å². The molecule has 0 saturated carbocycles. The molecular formula is C27H32N4O3. The Kier molecular flexibility index (Phi) is 6.43. The molecule has 0 aliphatic carbocycles. The number of H-pyrrole nitrogens is 1. The lowest BCUT2D eigenvalue weighted by atomic mass is 9.88. The fourth-order valence-corrected chi connectivity index (χ4v) is 5.34. The van der Waals surface area contributed by atoms with E-state index in [1.165, 1.54) is 10.9 Å². The van der Waals surface area contributed by atoms with E-state index in [-0.39, 0.29) is 17.9 Å². The number of carbonyl (C=O) groups is 2. The summed E-state index contributed by atoms with van der Waals surface area (Å²) >= 11 is 0. The standard InChI is InChI=1S/C27H32N4O3/c1-34-22-9-10-25-23(16-22)24(17-28-25)19-11-14-30(15-12-19)26(32)20-6-5-13-31(18-20)27(33)29-21-7-3-2-4-8-21/h2-4,7-10,16-17,19-20,28H,5-6,11-15,18H2,1H3,(H,29,33). The average Bonchev–Trinajstić information content (AvgIpc) is 3.32. The van der Waals surface area contributed by atoms with Crippen molar-refractivity contribution < 1.29 is 14.3 Å². The second-order valence-electron chi connectivity index (χ2n) is 9.34. The van der Waals surface area contributed by atoms with Crippen LogP contribution in [0.15, 0.2) is 54.7 Å². The SMILES string of the molecule is COc1ccc2[nH]cc(C3CCN(C(=O)C4CCCN(C(=O)Nc5ccccc5)C4)CC3)c2c1. The molecule has 2 aliphatic rings. The van der Waals surface area contributed by atoms with Crippen LogP contribution in [-0.4, -0.2) is 60.0 Å². The van der Waals surface area contributed by atoms with E-state index in [1.807, 2.05) is 41.3 Å². The molecule has 7 nitrogen and oxygen atoms in total. The summed E-state index contributed by atoms with van der Waals surface area (Å²) in [6, 6.07) is 15.5. The molecule has 1 atom stereocenters. The van der Waals surface area contributed by atoms with Gasteiger partial charge in [-0.15, -0.1) is 0 Å². The fraction of sp³-hybridized carbons (Fsp3) is 0.407. The number of ether oxygens (including phenoxy) is 1. The number of carbonyl (C=O) groups excluding carboxylic acids is 2. The third-order valence-corrected chi connectivity index (χ3v) is 7.25. The van der Waals surface area contributed by atoms with Gasteiger partial charge in [-0.25, -0.2) is 4.79 Å². The maximum atomic E-state index is 13.3. The summed E-state index contributed by atoms with van der Waals surface area (Å²) in [6.07, 6.45) is 5.70. The van der Waals surface area contributed by atoms with Crippen LogP contribution in [0.1, 0.15) is 37.2 Å². The lowest BCUT2D eigenvalue weighted by Gasteiger charge is -2.37. The molecule has 1 aromatic heterocycles. The van der Waals surface area contributed by atoms with Crippen molar-refractivity contribution in [3.8, 4) is 5.75 Å². The molecule has 3 heterocycles. The third kappa shape index (κ3) is 4.60. The molecule has 0 radical (unpaired) electrons. The van der Waals surface area contributed by atoms with Gasteiger partial charge >= 0.3 is 6.03 Å². The number of anilines is 1. The summed E-state index contributed by atoms with van der Waals surface area (Å²) in [4.78, 5) is 33.2. The van der Waals surface area contributed by atoms with Gasteiger partial charge in [0, 0.05) is 49.0 Å². The largest absolute Gasteiger partial charge is 0.497 e. The van der Waals surface area contributed by atoms with E-state index in [0.717, 1.165) is 55.7 Å². The van der Waals surface area contributed by atoms with Crippen LogP contribution in [-0.2, 0) is 4.79 Å². The topological polar surface area (TPSA) is 77.7 Å². The van der Waals surface area contributed by atoms with Gasteiger partial charge in [-0.3, -0.25) is 4.79 Å². The minimum Gasteiger partial charge on any atom is -0.497 e. The highest BCUT2D eigenvalue weighted by Gasteiger charge is 2.33. The molecule has 5 rings (SSSR count). The Balaban J connectivity index is 1.18. The Morgan fingerprint density at radius 1 is 1.00 bits per heavy atom. The van der Waals surface area contributed by atoms with Crippen molar-refractivity contribution in [2.45, 2.75) is 31.6 Å². The average molecular weight is 461 g/mol. The van der Waals surface area contributed by atoms with E-state index in [4.69, 9.17) is 4.74 Å². The number of nitrogens with zero attached hydrogens (tertiary/aromatic N) is 2. The number of amides is 3. The minimum atomic E-state index is -0.128. The Labute approximate surface area is 200 Å². The van der Waals surface area contributed by atoms with Gasteiger partial charge in [-0.2, -0.15) is 0 Å². The molecule has 2 aromatic carbocycles. The maximum absolute atomic E-state index is 13.3. The van der Waals surface area contributed by atoms with Crippen molar-refractivity contribution in [1.29, 1.82) is 0 Å². The Hall–Kier alpha value is -3.48. The number of para-hydroxylation sites is 1. The van der Waals surface area contributed by atoms with Gasteiger partial charge < -0.3 is 24.8 Å². The number of benzene rings is 2. The van der Waals surface area contributed by atoms with Crippen molar-refractivity contribution in [3.05, 3.63) is 60.3 Å². The number of fused-ring (bicyclic) bond motifs is 1. The molecule has 3 aromatic rings. The minimum absolute atomic E-state index is 0.121. The van der Waals surface area contributed by atoms with Crippen LogP contribution in [0, 0.1) is 5.92 Å². The summed E-state index contributed by atoms with van der Waals surface area (Å²) in [7, 11) is 1.69. The van der Waals surface area contributed by atoms with Crippen molar-refractivity contribution in [3.63, 3.8) is 0 Å². The molecule has 0 spiro atoms. The van der Waals surface area contributed by atoms with E-state index in [2.05, 4.69) is 28.6 Å². The molecule has 3 amide bonds. The van der Waals surface area contributed by atoms with Crippen LogP contribution >= 0.6 is 0 Å². The summed E-state index contributed by atoms with van der Waals surface area (Å²) < 4.78 is 5.41. The van der Waals surface area contributed by atoms with Gasteiger partial charge in [0.2, 0.25) is 5.91 Å². The van der Waals surface area contributed by atoms with E-state index >= 15 is 0 Å². The van der Waals surface area contributed by atoms with Gasteiger partial charge in [-0.1, -0.05) is 18.2 Å². The number of rotatable bonds is 4. The molecule has 34 heavy (non-hydrogen) atoms. The first-order valence-corrected chi connectivity index (χ1v) is 12.2. The number of likely N-dealkylation sites (tertiary alicyclic amines) is 2. The molecule has 0 bridgehead atoms. The summed E-state index contributed by atoms with van der Waals surface area (Å²) in [5.74, 6) is 1.35. The number of methoxy groups -OCH3 is 1. The van der Waals surface area contributed by atoms with Gasteiger partial charge in [0.15, 0.2) is 0 Å². The summed E-state index contributed by atoms with van der Waals surface area (Å²) in [5, 5.41) is 4.15. The monoisotopic (exact) mass is 460 g/mol. The first-order valence-electron chi connectivity index (χ1n) is 12.2. The first kappa shape index (κ1) is 22.3. The van der Waals surface area contributed by atoms with Gasteiger partial charge in [0.1, 0.15) is 5.75 Å². The van der Waals surface area contributed by atoms with Gasteiger partial charge in [0.25, 0.3) is 0 Å².